The van der Waals surface area contributed by atoms with Crippen molar-refractivity contribution in [3.05, 3.63) is 84.2 Å². The molecule has 0 saturated heterocycles. The molecule has 6 rings (SSSR count). The number of nitrogen functional groups attached to an aromatic ring is 1. The Morgan fingerprint density at radius 3 is 2.36 bits per heavy atom. The lowest BCUT2D eigenvalue weighted by Gasteiger charge is -2.21. The van der Waals surface area contributed by atoms with E-state index in [9.17, 15) is 17.6 Å². The average molecular weight is 615 g/mol. The molecule has 1 amide bonds. The van der Waals surface area contributed by atoms with Gasteiger partial charge in [0.15, 0.2) is 5.58 Å². The molecule has 0 aliphatic carbocycles. The number of benzene rings is 4. The smallest absolute Gasteiger partial charge is 0.255 e. The first-order valence-electron chi connectivity index (χ1n) is 13.4. The third-order valence-electron chi connectivity index (χ3n) is 7.39. The number of methoxy groups -OCH3 is 1. The number of carbonyl (C=O) groups excluding carboxylic acids is 1. The molecule has 6 aromatic rings. The summed E-state index contributed by atoms with van der Waals surface area (Å²) < 4.78 is 58.2. The van der Waals surface area contributed by atoms with Gasteiger partial charge in [-0.25, -0.2) is 17.8 Å². The van der Waals surface area contributed by atoms with Crippen LogP contribution in [0.4, 0.5) is 15.8 Å². The Kier molecular flexibility index (Phi) is 7.01. The molecule has 0 spiro atoms. The van der Waals surface area contributed by atoms with Gasteiger partial charge in [-0.05, 0) is 60.2 Å². The lowest BCUT2D eigenvalue weighted by molar-refractivity contribution is 0.0964. The molecule has 3 N–H and O–H groups in total. The number of anilines is 2. The largest absolute Gasteiger partial charge is 0.496 e. The summed E-state index contributed by atoms with van der Waals surface area (Å²) in [7, 11) is 0.704. The number of halogens is 1. The third-order valence-corrected chi connectivity index (χ3v) is 8.59. The standard InChI is InChI=1S/C32H27FN4O6S/c1-35-31(38)28-21-15-20(18-10-13-25(41-3)22(14-18)32-36-29-23(34)6-5-7-26(29)43-32)24(37(2)44(4,39)40)16-27(21)42-30(28)17-8-11-19(33)12-9-17/h5-16H,34H2,1-4H3,(H,35,38). The summed E-state index contributed by atoms with van der Waals surface area (Å²) in [6, 6.07) is 19.3. The van der Waals surface area contributed by atoms with Crippen molar-refractivity contribution in [1.29, 1.82) is 0 Å². The van der Waals surface area contributed by atoms with Gasteiger partial charge in [-0.1, -0.05) is 12.1 Å². The maximum Gasteiger partial charge on any atom is 0.255 e. The van der Waals surface area contributed by atoms with E-state index < -0.39 is 21.7 Å². The number of nitrogens with one attached hydrogen (secondary N) is 1. The molecule has 0 radical (unpaired) electrons. The summed E-state index contributed by atoms with van der Waals surface area (Å²) >= 11 is 0. The number of hydrogen-bond donors (Lipinski definition) is 2. The molecule has 10 nitrogen and oxygen atoms in total. The van der Waals surface area contributed by atoms with Crippen LogP contribution in [0.5, 0.6) is 5.75 Å². The highest BCUT2D eigenvalue weighted by Gasteiger charge is 2.26. The number of fused-ring (bicyclic) bond motifs is 2. The topological polar surface area (TPSA) is 141 Å². The van der Waals surface area contributed by atoms with Gasteiger partial charge in [0.2, 0.25) is 15.9 Å². The van der Waals surface area contributed by atoms with Crippen molar-refractivity contribution in [2.24, 2.45) is 0 Å². The average Bonchev–Trinajstić information content (AvgIpc) is 3.62. The number of furan rings is 1. The third kappa shape index (κ3) is 4.88. The Hall–Kier alpha value is -5.36. The predicted octanol–water partition coefficient (Wildman–Crippen LogP) is 6.06. The van der Waals surface area contributed by atoms with Crippen molar-refractivity contribution in [3.63, 3.8) is 0 Å². The van der Waals surface area contributed by atoms with Crippen LogP contribution in [0.3, 0.4) is 0 Å². The number of nitrogens with zero attached hydrogens (tertiary/aromatic N) is 2. The van der Waals surface area contributed by atoms with Gasteiger partial charge < -0.3 is 24.6 Å². The van der Waals surface area contributed by atoms with E-state index in [4.69, 9.17) is 19.3 Å². The second-order valence-electron chi connectivity index (χ2n) is 10.1. The Morgan fingerprint density at radius 2 is 1.70 bits per heavy atom. The Balaban J connectivity index is 1.64. The summed E-state index contributed by atoms with van der Waals surface area (Å²) in [6.07, 6.45) is 1.09. The van der Waals surface area contributed by atoms with E-state index in [-0.39, 0.29) is 22.8 Å². The molecule has 12 heteroatoms. The first-order valence-corrected chi connectivity index (χ1v) is 15.2. The van der Waals surface area contributed by atoms with E-state index in [0.717, 1.165) is 10.6 Å². The van der Waals surface area contributed by atoms with Crippen LogP contribution < -0.4 is 20.1 Å². The normalized spacial score (nSPS) is 11.7. The number of carbonyl (C=O) groups is 1. The fourth-order valence-electron chi connectivity index (χ4n) is 5.09. The Morgan fingerprint density at radius 1 is 0.977 bits per heavy atom. The summed E-state index contributed by atoms with van der Waals surface area (Å²) in [4.78, 5) is 17.8. The van der Waals surface area contributed by atoms with Gasteiger partial charge in [0, 0.05) is 36.7 Å². The van der Waals surface area contributed by atoms with Gasteiger partial charge >= 0.3 is 0 Å². The lowest BCUT2D eigenvalue weighted by Crippen LogP contribution is -2.25. The zero-order valence-corrected chi connectivity index (χ0v) is 25.0. The van der Waals surface area contributed by atoms with Gasteiger partial charge in [0.1, 0.15) is 28.4 Å². The fourth-order valence-corrected chi connectivity index (χ4v) is 5.59. The first kappa shape index (κ1) is 28.7. The SMILES string of the molecule is CNC(=O)c1c(-c2ccc(F)cc2)oc2cc(N(C)S(C)(=O)=O)c(-c3ccc(OC)c(-c4nc5c(N)cccc5o4)c3)cc12. The van der Waals surface area contributed by atoms with Crippen molar-refractivity contribution in [2.45, 2.75) is 0 Å². The lowest BCUT2D eigenvalue weighted by atomic mass is 9.97. The number of oxazole rings is 1. The summed E-state index contributed by atoms with van der Waals surface area (Å²) in [5.41, 5.74) is 10.4. The molecule has 0 aliphatic rings. The van der Waals surface area contributed by atoms with E-state index in [1.165, 1.54) is 45.5 Å². The summed E-state index contributed by atoms with van der Waals surface area (Å²) in [5.74, 6) is 0.0545. The molecule has 0 fully saturated rings. The number of aromatic nitrogens is 1. The highest BCUT2D eigenvalue weighted by atomic mass is 32.2. The maximum atomic E-state index is 13.7. The van der Waals surface area contributed by atoms with Crippen LogP contribution in [0.25, 0.3) is 56.0 Å². The highest BCUT2D eigenvalue weighted by Crippen LogP contribution is 2.43. The predicted molar refractivity (Wildman–Crippen MR) is 168 cm³/mol. The highest BCUT2D eigenvalue weighted by molar-refractivity contribution is 7.92. The first-order chi connectivity index (χ1) is 21.0. The van der Waals surface area contributed by atoms with Crippen LogP contribution in [-0.2, 0) is 10.0 Å². The van der Waals surface area contributed by atoms with Crippen LogP contribution in [0, 0.1) is 5.82 Å². The van der Waals surface area contributed by atoms with E-state index in [2.05, 4.69) is 10.3 Å². The number of sulfonamides is 1. The second-order valence-corrected chi connectivity index (χ2v) is 12.1. The van der Waals surface area contributed by atoms with E-state index in [1.54, 1.807) is 48.5 Å². The van der Waals surface area contributed by atoms with Crippen LogP contribution in [-0.4, -0.2) is 46.8 Å². The number of nitrogens with two attached hydrogens (primary N) is 1. The van der Waals surface area contributed by atoms with Gasteiger partial charge in [-0.15, -0.1) is 0 Å². The monoisotopic (exact) mass is 614 g/mol. The fraction of sp³-hybridized carbons (Fsp3) is 0.125. The molecular formula is C32H27FN4O6S. The molecule has 44 heavy (non-hydrogen) atoms. The van der Waals surface area contributed by atoms with Crippen molar-refractivity contribution < 1.29 is 31.2 Å². The number of rotatable bonds is 7. The number of hydrogen-bond acceptors (Lipinski definition) is 8. The minimum absolute atomic E-state index is 0.212. The van der Waals surface area contributed by atoms with Crippen molar-refractivity contribution in [2.75, 3.05) is 37.5 Å². The minimum atomic E-state index is -3.73. The van der Waals surface area contributed by atoms with Gasteiger partial charge in [0.25, 0.3) is 5.91 Å². The van der Waals surface area contributed by atoms with E-state index in [1.807, 2.05) is 0 Å². The minimum Gasteiger partial charge on any atom is -0.496 e. The van der Waals surface area contributed by atoms with Gasteiger partial charge in [-0.3, -0.25) is 9.10 Å². The van der Waals surface area contributed by atoms with Crippen molar-refractivity contribution in [3.8, 4) is 39.7 Å². The van der Waals surface area contributed by atoms with Crippen molar-refractivity contribution in [1.82, 2.24) is 10.3 Å². The van der Waals surface area contributed by atoms with Crippen LogP contribution in [0.2, 0.25) is 0 Å². The van der Waals surface area contributed by atoms with Crippen LogP contribution >= 0.6 is 0 Å². The van der Waals surface area contributed by atoms with Crippen LogP contribution in [0.1, 0.15) is 10.4 Å². The second kappa shape index (κ2) is 10.7. The van der Waals surface area contributed by atoms with Crippen molar-refractivity contribution >= 4 is 49.4 Å². The summed E-state index contributed by atoms with van der Waals surface area (Å²) in [6.45, 7) is 0. The number of ether oxygens (including phenoxy) is 1. The number of amides is 1. The summed E-state index contributed by atoms with van der Waals surface area (Å²) in [5, 5.41) is 3.07. The molecule has 2 heterocycles. The molecule has 224 valence electrons. The zero-order valence-electron chi connectivity index (χ0n) is 24.1. The van der Waals surface area contributed by atoms with E-state index >= 15 is 0 Å². The maximum absolute atomic E-state index is 13.7. The van der Waals surface area contributed by atoms with Gasteiger partial charge in [-0.2, -0.15) is 0 Å². The molecule has 4 aromatic carbocycles. The molecular weight excluding hydrogens is 587 g/mol. The Labute approximate surface area is 251 Å². The molecule has 0 atom stereocenters. The van der Waals surface area contributed by atoms with Crippen LogP contribution in [0.15, 0.2) is 81.6 Å². The molecule has 0 unspecified atom stereocenters. The number of para-hydroxylation sites is 1. The van der Waals surface area contributed by atoms with Gasteiger partial charge in [0.05, 0.1) is 35.9 Å². The Bertz CT molecular complexity index is 2190. The molecule has 0 saturated carbocycles. The molecule has 0 bridgehead atoms. The zero-order chi connectivity index (χ0) is 31.3. The molecule has 0 aliphatic heterocycles. The quantitative estimate of drug-likeness (QED) is 0.207. The van der Waals surface area contributed by atoms with E-state index in [0.29, 0.717) is 55.9 Å². The molecule has 2 aromatic heterocycles.